The maximum absolute atomic E-state index is 13.5. The number of hydrogen-bond acceptors (Lipinski definition) is 7. The number of carbonyl (C=O) groups excluding carboxylic acids is 1. The van der Waals surface area contributed by atoms with Crippen LogP contribution < -0.4 is 15.0 Å². The number of amides is 1. The van der Waals surface area contributed by atoms with Crippen molar-refractivity contribution in [2.75, 3.05) is 37.7 Å². The summed E-state index contributed by atoms with van der Waals surface area (Å²) in [6.45, 7) is 9.11. The van der Waals surface area contributed by atoms with E-state index in [1.807, 2.05) is 18.2 Å². The van der Waals surface area contributed by atoms with E-state index in [-0.39, 0.29) is 24.8 Å². The zero-order valence-corrected chi connectivity index (χ0v) is 22.6. The number of nitrogens with zero attached hydrogens (tertiary/aromatic N) is 4. The van der Waals surface area contributed by atoms with E-state index in [1.165, 1.54) is 4.90 Å². The first-order chi connectivity index (χ1) is 18.2. The summed E-state index contributed by atoms with van der Waals surface area (Å²) in [5.74, 6) is 0.0364. The van der Waals surface area contributed by atoms with Crippen LogP contribution in [-0.4, -0.2) is 65.7 Å². The van der Waals surface area contributed by atoms with Gasteiger partial charge in [-0.25, -0.2) is 8.78 Å². The van der Waals surface area contributed by atoms with Crippen molar-refractivity contribution in [2.45, 2.75) is 77.3 Å². The zero-order valence-electron chi connectivity index (χ0n) is 22.6. The number of nitrogens with one attached hydrogen (secondary N) is 1. The van der Waals surface area contributed by atoms with E-state index < -0.39 is 18.5 Å². The van der Waals surface area contributed by atoms with Crippen LogP contribution >= 0.6 is 0 Å². The molecule has 1 N–H and O–H groups in total. The highest BCUT2D eigenvalue weighted by molar-refractivity contribution is 5.83. The Balaban J connectivity index is 1.05. The number of likely N-dealkylation sites (tertiary alicyclic amines) is 1. The first-order valence-corrected chi connectivity index (χ1v) is 13.9. The van der Waals surface area contributed by atoms with Crippen molar-refractivity contribution in [1.29, 1.82) is 0 Å². The lowest BCUT2D eigenvalue weighted by atomic mass is 9.84. The molecule has 0 saturated carbocycles. The van der Waals surface area contributed by atoms with Gasteiger partial charge in [-0.3, -0.25) is 4.79 Å². The second-order valence-electron chi connectivity index (χ2n) is 11.5. The standard InChI is InChI=1S/C28H39F2N5O3/c1-18(2)25-32-27(38-33-25)34-10-6-20(7-11-34)19(3)8-13-37-23-5-4-21-15-24(31-16-22(21)14-23)26(36)35-12-9-28(29,30)17-35/h4-5,14,18-20,24,31H,6-13,15-17H2,1-3H3. The summed E-state index contributed by atoms with van der Waals surface area (Å²) in [7, 11) is 0. The van der Waals surface area contributed by atoms with Gasteiger partial charge in [0, 0.05) is 38.5 Å². The number of fused-ring (bicyclic) bond motifs is 1. The number of benzene rings is 1. The predicted octanol–water partition coefficient (Wildman–Crippen LogP) is 4.40. The largest absolute Gasteiger partial charge is 0.494 e. The van der Waals surface area contributed by atoms with Gasteiger partial charge >= 0.3 is 6.01 Å². The second-order valence-corrected chi connectivity index (χ2v) is 11.5. The summed E-state index contributed by atoms with van der Waals surface area (Å²) in [4.78, 5) is 20.7. The Hall–Kier alpha value is -2.75. The normalized spacial score (nSPS) is 22.5. The van der Waals surface area contributed by atoms with E-state index in [0.29, 0.717) is 37.4 Å². The van der Waals surface area contributed by atoms with Crippen LogP contribution in [0.25, 0.3) is 0 Å². The Morgan fingerprint density at radius 2 is 2.00 bits per heavy atom. The summed E-state index contributed by atoms with van der Waals surface area (Å²) in [6.07, 6.45) is 3.43. The van der Waals surface area contributed by atoms with Crippen molar-refractivity contribution in [1.82, 2.24) is 20.4 Å². The summed E-state index contributed by atoms with van der Waals surface area (Å²) < 4.78 is 38.6. The average molecular weight is 532 g/mol. The Kier molecular flexibility index (Phi) is 7.88. The van der Waals surface area contributed by atoms with E-state index in [9.17, 15) is 13.6 Å². The molecule has 0 aliphatic carbocycles. The molecule has 1 amide bonds. The molecular weight excluding hydrogens is 492 g/mol. The molecule has 38 heavy (non-hydrogen) atoms. The molecule has 1 aromatic heterocycles. The van der Waals surface area contributed by atoms with Gasteiger partial charge in [0.15, 0.2) is 5.82 Å². The monoisotopic (exact) mass is 531 g/mol. The summed E-state index contributed by atoms with van der Waals surface area (Å²) >= 11 is 0. The molecule has 4 heterocycles. The van der Waals surface area contributed by atoms with Gasteiger partial charge in [0.2, 0.25) is 5.91 Å². The SMILES string of the molecule is CC(C)c1noc(N2CCC(C(C)CCOc3ccc4c(c3)CNC(C(=O)N3CCC(F)(F)C3)C4)CC2)n1. The lowest BCUT2D eigenvalue weighted by molar-refractivity contribution is -0.134. The molecule has 2 atom stereocenters. The number of aromatic nitrogens is 2. The molecule has 208 valence electrons. The minimum atomic E-state index is -2.77. The fourth-order valence-corrected chi connectivity index (χ4v) is 5.75. The lowest BCUT2D eigenvalue weighted by Crippen LogP contribution is -2.49. The van der Waals surface area contributed by atoms with Gasteiger partial charge in [-0.1, -0.05) is 32.0 Å². The number of hydrogen-bond donors (Lipinski definition) is 1. The topological polar surface area (TPSA) is 83.7 Å². The highest BCUT2D eigenvalue weighted by atomic mass is 19.3. The first-order valence-electron chi connectivity index (χ1n) is 13.9. The first kappa shape index (κ1) is 26.8. The fourth-order valence-electron chi connectivity index (χ4n) is 5.75. The quantitative estimate of drug-likeness (QED) is 0.541. The molecule has 3 aliphatic rings. The van der Waals surface area contributed by atoms with Crippen LogP contribution in [0.3, 0.4) is 0 Å². The Labute approximate surface area is 223 Å². The number of alkyl halides is 2. The van der Waals surface area contributed by atoms with E-state index in [1.54, 1.807) is 0 Å². The van der Waals surface area contributed by atoms with Gasteiger partial charge in [-0.15, -0.1) is 0 Å². The van der Waals surface area contributed by atoms with Crippen molar-refractivity contribution >= 4 is 11.9 Å². The molecule has 5 rings (SSSR count). The molecule has 3 aliphatic heterocycles. The van der Waals surface area contributed by atoms with E-state index in [0.717, 1.165) is 55.1 Å². The van der Waals surface area contributed by atoms with Crippen LogP contribution in [0.2, 0.25) is 0 Å². The van der Waals surface area contributed by atoms with Crippen molar-refractivity contribution in [2.24, 2.45) is 11.8 Å². The highest BCUT2D eigenvalue weighted by Gasteiger charge is 2.42. The van der Waals surface area contributed by atoms with Crippen molar-refractivity contribution in [3.8, 4) is 5.75 Å². The van der Waals surface area contributed by atoms with Gasteiger partial charge in [0.1, 0.15) is 5.75 Å². The van der Waals surface area contributed by atoms with Crippen molar-refractivity contribution < 1.29 is 22.8 Å². The molecule has 8 nitrogen and oxygen atoms in total. The smallest absolute Gasteiger partial charge is 0.324 e. The molecule has 10 heteroatoms. The van der Waals surface area contributed by atoms with Crippen LogP contribution in [0, 0.1) is 11.8 Å². The third-order valence-corrected chi connectivity index (χ3v) is 8.32. The van der Waals surface area contributed by atoms with Crippen molar-refractivity contribution in [3.05, 3.63) is 35.2 Å². The maximum atomic E-state index is 13.5. The van der Waals surface area contributed by atoms with Gasteiger partial charge in [0.05, 0.1) is 19.2 Å². The molecule has 0 spiro atoms. The number of piperidine rings is 1. The molecule has 0 radical (unpaired) electrons. The Bertz CT molecular complexity index is 1120. The third kappa shape index (κ3) is 6.11. The van der Waals surface area contributed by atoms with Gasteiger partial charge in [-0.05, 0) is 60.8 Å². The lowest BCUT2D eigenvalue weighted by Gasteiger charge is -2.33. The van der Waals surface area contributed by atoms with Crippen LogP contribution in [0.5, 0.6) is 5.75 Å². The van der Waals surface area contributed by atoms with Gasteiger partial charge in [-0.2, -0.15) is 4.98 Å². The molecule has 1 aromatic carbocycles. The third-order valence-electron chi connectivity index (χ3n) is 8.32. The maximum Gasteiger partial charge on any atom is 0.324 e. The molecular formula is C28H39F2N5O3. The molecule has 2 aromatic rings. The van der Waals surface area contributed by atoms with Crippen LogP contribution in [0.4, 0.5) is 14.8 Å². The highest BCUT2D eigenvalue weighted by Crippen LogP contribution is 2.31. The van der Waals surface area contributed by atoms with Crippen molar-refractivity contribution in [3.63, 3.8) is 0 Å². The number of rotatable bonds is 8. The van der Waals surface area contributed by atoms with Crippen LogP contribution in [-0.2, 0) is 17.8 Å². The number of halogens is 2. The van der Waals surface area contributed by atoms with E-state index in [2.05, 4.69) is 41.1 Å². The van der Waals surface area contributed by atoms with Gasteiger partial charge < -0.3 is 24.4 Å². The van der Waals surface area contributed by atoms with Gasteiger partial charge in [0.25, 0.3) is 5.92 Å². The average Bonchev–Trinajstić information content (AvgIpc) is 3.55. The Morgan fingerprint density at radius 3 is 2.68 bits per heavy atom. The molecule has 2 fully saturated rings. The minimum Gasteiger partial charge on any atom is -0.494 e. The fraction of sp³-hybridized carbons (Fsp3) is 0.679. The number of anilines is 1. The minimum absolute atomic E-state index is 0.124. The zero-order chi connectivity index (χ0) is 26.9. The summed E-state index contributed by atoms with van der Waals surface area (Å²) in [5.41, 5.74) is 2.17. The van der Waals surface area contributed by atoms with Crippen LogP contribution in [0.15, 0.2) is 22.7 Å². The predicted molar refractivity (Wildman–Crippen MR) is 140 cm³/mol. The molecule has 0 bridgehead atoms. The summed E-state index contributed by atoms with van der Waals surface area (Å²) in [5, 5.41) is 7.32. The van der Waals surface area contributed by atoms with E-state index in [4.69, 9.17) is 9.26 Å². The van der Waals surface area contributed by atoms with Crippen LogP contribution in [0.1, 0.15) is 69.3 Å². The Morgan fingerprint density at radius 1 is 1.21 bits per heavy atom. The number of carbonyl (C=O) groups is 1. The second kappa shape index (κ2) is 11.2. The van der Waals surface area contributed by atoms with E-state index >= 15 is 0 Å². The number of ether oxygens (including phenoxy) is 1. The molecule has 2 unspecified atom stereocenters. The summed E-state index contributed by atoms with van der Waals surface area (Å²) in [6, 6.07) is 6.18. The molecule has 2 saturated heterocycles.